The van der Waals surface area contributed by atoms with Gasteiger partial charge in [-0.3, -0.25) is 19.3 Å². The Labute approximate surface area is 168 Å². The molecule has 0 spiro atoms. The van der Waals surface area contributed by atoms with E-state index in [0.717, 1.165) is 12.1 Å². The Morgan fingerprint density at radius 3 is 2.62 bits per heavy atom. The number of carbonyl (C=O) groups excluding carboxylic acids is 3. The molecule has 4 atom stereocenters. The Bertz CT molecular complexity index is 879. The summed E-state index contributed by atoms with van der Waals surface area (Å²) in [5.41, 5.74) is 12.6. The van der Waals surface area contributed by atoms with Gasteiger partial charge in [-0.2, -0.15) is 5.26 Å². The highest BCUT2D eigenvalue weighted by Gasteiger charge is 2.50. The van der Waals surface area contributed by atoms with Crippen molar-refractivity contribution >= 4 is 23.4 Å². The SMILES string of the molecule is N#C[C@@H]1CCCN1C(=O)[C@@H](N)CN1CC2C[C@H]1C(=O)N2c1ccc(C(N)=O)cc1. The van der Waals surface area contributed by atoms with Gasteiger partial charge in [-0.25, -0.2) is 0 Å². The van der Waals surface area contributed by atoms with Crippen LogP contribution in [0.25, 0.3) is 0 Å². The maximum atomic E-state index is 12.9. The second-order valence-corrected chi connectivity index (χ2v) is 7.90. The van der Waals surface area contributed by atoms with Gasteiger partial charge in [0, 0.05) is 30.9 Å². The highest BCUT2D eigenvalue weighted by Crippen LogP contribution is 2.35. The van der Waals surface area contributed by atoms with Crippen LogP contribution in [0.15, 0.2) is 24.3 Å². The van der Waals surface area contributed by atoms with Crippen LogP contribution in [0, 0.1) is 11.3 Å². The van der Waals surface area contributed by atoms with Crippen molar-refractivity contribution in [2.75, 3.05) is 24.5 Å². The normalized spacial score (nSPS) is 27.3. The number of nitrogens with zero attached hydrogens (tertiary/aromatic N) is 4. The highest BCUT2D eigenvalue weighted by molar-refractivity contribution is 6.02. The van der Waals surface area contributed by atoms with Gasteiger partial charge in [-0.1, -0.05) is 0 Å². The second kappa shape index (κ2) is 7.46. The molecule has 0 saturated carbocycles. The van der Waals surface area contributed by atoms with Crippen LogP contribution in [-0.2, 0) is 9.59 Å². The zero-order valence-electron chi connectivity index (χ0n) is 16.0. The Kier molecular flexibility index (Phi) is 4.98. The van der Waals surface area contributed by atoms with Gasteiger partial charge in [0.1, 0.15) is 6.04 Å². The summed E-state index contributed by atoms with van der Waals surface area (Å²) in [6.45, 7) is 1.50. The molecule has 4 N–H and O–H groups in total. The minimum atomic E-state index is -0.751. The van der Waals surface area contributed by atoms with Crippen molar-refractivity contribution in [1.82, 2.24) is 9.80 Å². The summed E-state index contributed by atoms with van der Waals surface area (Å²) in [4.78, 5) is 42.1. The zero-order valence-corrected chi connectivity index (χ0v) is 16.0. The molecule has 0 aromatic heterocycles. The van der Waals surface area contributed by atoms with Crippen LogP contribution in [0.5, 0.6) is 0 Å². The number of hydrogen-bond donors (Lipinski definition) is 2. The number of likely N-dealkylation sites (tertiary alicyclic amines) is 2. The van der Waals surface area contributed by atoms with Crippen molar-refractivity contribution in [1.29, 1.82) is 5.26 Å². The summed E-state index contributed by atoms with van der Waals surface area (Å²) in [5.74, 6) is -0.751. The van der Waals surface area contributed by atoms with E-state index < -0.39 is 18.0 Å². The predicted octanol–water partition coefficient (Wildman–Crippen LogP) is -0.583. The third kappa shape index (κ3) is 3.34. The number of carbonyl (C=O) groups is 3. The summed E-state index contributed by atoms with van der Waals surface area (Å²) in [7, 11) is 0. The fourth-order valence-corrected chi connectivity index (χ4v) is 4.70. The lowest BCUT2D eigenvalue weighted by Crippen LogP contribution is -2.56. The van der Waals surface area contributed by atoms with Gasteiger partial charge in [-0.15, -0.1) is 0 Å². The Balaban J connectivity index is 1.40. The van der Waals surface area contributed by atoms with Crippen LogP contribution in [-0.4, -0.2) is 71.3 Å². The quantitative estimate of drug-likeness (QED) is 0.683. The molecule has 152 valence electrons. The average Bonchev–Trinajstić information content (AvgIpc) is 3.41. The average molecular weight is 396 g/mol. The number of hydrogen-bond acceptors (Lipinski definition) is 6. The largest absolute Gasteiger partial charge is 0.366 e. The molecule has 4 rings (SSSR count). The van der Waals surface area contributed by atoms with Crippen LogP contribution in [0.1, 0.15) is 29.6 Å². The van der Waals surface area contributed by atoms with Crippen molar-refractivity contribution in [3.05, 3.63) is 29.8 Å². The van der Waals surface area contributed by atoms with E-state index in [2.05, 4.69) is 6.07 Å². The molecule has 2 bridgehead atoms. The fraction of sp³-hybridized carbons (Fsp3) is 0.500. The van der Waals surface area contributed by atoms with Crippen LogP contribution < -0.4 is 16.4 Å². The van der Waals surface area contributed by atoms with Crippen molar-refractivity contribution in [3.63, 3.8) is 0 Å². The predicted molar refractivity (Wildman–Crippen MR) is 105 cm³/mol. The van der Waals surface area contributed by atoms with Crippen molar-refractivity contribution in [2.24, 2.45) is 11.5 Å². The first-order valence-electron chi connectivity index (χ1n) is 9.83. The van der Waals surface area contributed by atoms with E-state index in [4.69, 9.17) is 11.5 Å². The highest BCUT2D eigenvalue weighted by atomic mass is 16.2. The number of piperazine rings is 1. The lowest BCUT2D eigenvalue weighted by atomic mass is 10.1. The van der Waals surface area contributed by atoms with E-state index in [1.165, 1.54) is 0 Å². The minimum Gasteiger partial charge on any atom is -0.366 e. The molecule has 0 radical (unpaired) electrons. The molecule has 1 aromatic carbocycles. The molecule has 1 unspecified atom stereocenters. The minimum absolute atomic E-state index is 0.00729. The fourth-order valence-electron chi connectivity index (χ4n) is 4.70. The Morgan fingerprint density at radius 2 is 2.00 bits per heavy atom. The van der Waals surface area contributed by atoms with Gasteiger partial charge < -0.3 is 21.3 Å². The van der Waals surface area contributed by atoms with E-state index in [1.54, 1.807) is 34.1 Å². The molecule has 3 heterocycles. The first-order chi connectivity index (χ1) is 13.9. The lowest BCUT2D eigenvalue weighted by Gasteiger charge is -2.35. The molecule has 9 heteroatoms. The molecule has 29 heavy (non-hydrogen) atoms. The lowest BCUT2D eigenvalue weighted by molar-refractivity contribution is -0.134. The number of primary amides is 1. The molecule has 3 aliphatic rings. The zero-order chi connectivity index (χ0) is 20.7. The summed E-state index contributed by atoms with van der Waals surface area (Å²) < 4.78 is 0. The van der Waals surface area contributed by atoms with Gasteiger partial charge in [0.25, 0.3) is 0 Å². The molecule has 3 fully saturated rings. The van der Waals surface area contributed by atoms with E-state index in [-0.39, 0.29) is 23.9 Å². The van der Waals surface area contributed by atoms with E-state index in [1.807, 2.05) is 4.90 Å². The van der Waals surface area contributed by atoms with Crippen molar-refractivity contribution in [2.45, 2.75) is 43.4 Å². The van der Waals surface area contributed by atoms with E-state index in [9.17, 15) is 19.6 Å². The van der Waals surface area contributed by atoms with Gasteiger partial charge >= 0.3 is 0 Å². The monoisotopic (exact) mass is 396 g/mol. The summed E-state index contributed by atoms with van der Waals surface area (Å²) in [6.07, 6.45) is 2.18. The molecule has 0 aliphatic carbocycles. The number of fused-ring (bicyclic) bond motifs is 2. The number of nitrogens with two attached hydrogens (primary N) is 2. The summed E-state index contributed by atoms with van der Waals surface area (Å²) in [6, 6.07) is 7.40. The smallest absolute Gasteiger partial charge is 0.248 e. The van der Waals surface area contributed by atoms with E-state index >= 15 is 0 Å². The third-order valence-electron chi connectivity index (χ3n) is 6.13. The maximum Gasteiger partial charge on any atom is 0.248 e. The molecule has 3 aliphatic heterocycles. The third-order valence-corrected chi connectivity index (χ3v) is 6.13. The topological polar surface area (TPSA) is 137 Å². The van der Waals surface area contributed by atoms with Gasteiger partial charge in [0.05, 0.1) is 24.2 Å². The van der Waals surface area contributed by atoms with Crippen LogP contribution in [0.4, 0.5) is 5.69 Å². The number of rotatable bonds is 5. The number of amides is 3. The molecule has 1 aromatic rings. The van der Waals surface area contributed by atoms with Crippen LogP contribution in [0.3, 0.4) is 0 Å². The number of benzene rings is 1. The Hall–Kier alpha value is -2.96. The molecule has 9 nitrogen and oxygen atoms in total. The van der Waals surface area contributed by atoms with E-state index in [0.29, 0.717) is 38.0 Å². The first kappa shape index (κ1) is 19.4. The Morgan fingerprint density at radius 1 is 1.28 bits per heavy atom. The van der Waals surface area contributed by atoms with Crippen LogP contribution in [0.2, 0.25) is 0 Å². The molecule has 3 saturated heterocycles. The first-order valence-corrected chi connectivity index (χ1v) is 9.83. The summed E-state index contributed by atoms with van der Waals surface area (Å²) >= 11 is 0. The van der Waals surface area contributed by atoms with Crippen LogP contribution >= 0.6 is 0 Å². The molecular weight excluding hydrogens is 372 g/mol. The van der Waals surface area contributed by atoms with Crippen molar-refractivity contribution < 1.29 is 14.4 Å². The standard InChI is InChI=1S/C20H24N6O3/c21-9-14-2-1-7-25(14)19(28)16(22)11-24-10-15-8-17(24)20(29)26(15)13-5-3-12(4-6-13)18(23)27/h3-6,14-17H,1-2,7-8,10-11,22H2,(H2,23,27)/t14-,15?,16-,17-/m0/s1. The number of anilines is 1. The second-order valence-electron chi connectivity index (χ2n) is 7.90. The summed E-state index contributed by atoms with van der Waals surface area (Å²) in [5, 5.41) is 9.19. The maximum absolute atomic E-state index is 12.9. The van der Waals surface area contributed by atoms with Gasteiger partial charge in [0.15, 0.2) is 0 Å². The molecule has 3 amide bonds. The van der Waals surface area contributed by atoms with Gasteiger partial charge in [0.2, 0.25) is 17.7 Å². The molecular formula is C20H24N6O3. The van der Waals surface area contributed by atoms with Gasteiger partial charge in [-0.05, 0) is 43.5 Å². The number of nitriles is 1. The van der Waals surface area contributed by atoms with Crippen molar-refractivity contribution in [3.8, 4) is 6.07 Å².